The second-order valence-electron chi connectivity index (χ2n) is 7.49. The number of aryl methyl sites for hydroxylation is 1. The predicted molar refractivity (Wildman–Crippen MR) is 113 cm³/mol. The molecule has 1 fully saturated rings. The van der Waals surface area contributed by atoms with Gasteiger partial charge in [-0.1, -0.05) is 12.1 Å². The van der Waals surface area contributed by atoms with Crippen molar-refractivity contribution < 1.29 is 19.7 Å². The van der Waals surface area contributed by atoms with Gasteiger partial charge in [-0.15, -0.1) is 11.3 Å². The first-order valence-electron chi connectivity index (χ1n) is 9.76. The number of rotatable bonds is 7. The number of aromatic hydroxyl groups is 2. The van der Waals surface area contributed by atoms with Gasteiger partial charge in [-0.3, -0.25) is 4.79 Å². The smallest absolute Gasteiger partial charge is 0.222 e. The maximum Gasteiger partial charge on any atom is 0.222 e. The van der Waals surface area contributed by atoms with Crippen LogP contribution < -0.4 is 4.74 Å². The molecule has 7 heteroatoms. The zero-order chi connectivity index (χ0) is 20.4. The molecule has 1 atom stereocenters. The van der Waals surface area contributed by atoms with Gasteiger partial charge in [0.25, 0.3) is 0 Å². The van der Waals surface area contributed by atoms with E-state index >= 15 is 0 Å². The number of nitrogens with zero attached hydrogens (tertiary/aromatic N) is 2. The van der Waals surface area contributed by atoms with E-state index in [1.165, 1.54) is 0 Å². The summed E-state index contributed by atoms with van der Waals surface area (Å²) in [5.41, 5.74) is 1.86. The molecule has 0 unspecified atom stereocenters. The van der Waals surface area contributed by atoms with E-state index in [-0.39, 0.29) is 23.3 Å². The first-order chi connectivity index (χ1) is 14.0. The van der Waals surface area contributed by atoms with Gasteiger partial charge < -0.3 is 19.8 Å². The van der Waals surface area contributed by atoms with Crippen molar-refractivity contribution in [2.75, 3.05) is 19.7 Å². The van der Waals surface area contributed by atoms with Crippen LogP contribution in [-0.4, -0.2) is 45.7 Å². The molecule has 2 N–H and O–H groups in total. The van der Waals surface area contributed by atoms with Crippen LogP contribution in [0.3, 0.4) is 0 Å². The van der Waals surface area contributed by atoms with Crippen molar-refractivity contribution in [3.8, 4) is 17.2 Å². The average Bonchev–Trinajstić information content (AvgIpc) is 3.22. The predicted octanol–water partition coefficient (Wildman–Crippen LogP) is 3.88. The number of benzene rings is 2. The molecule has 2 heterocycles. The summed E-state index contributed by atoms with van der Waals surface area (Å²) in [5.74, 6) is 1.52. The van der Waals surface area contributed by atoms with Crippen LogP contribution in [0.4, 0.5) is 0 Å². The number of hydrogen-bond acceptors (Lipinski definition) is 6. The van der Waals surface area contributed by atoms with Gasteiger partial charge in [-0.2, -0.15) is 0 Å². The molecule has 1 aliphatic heterocycles. The van der Waals surface area contributed by atoms with Crippen molar-refractivity contribution in [1.82, 2.24) is 9.88 Å². The molecule has 0 aliphatic carbocycles. The summed E-state index contributed by atoms with van der Waals surface area (Å²) in [5, 5.41) is 20.2. The molecule has 0 radical (unpaired) electrons. The fourth-order valence-corrected chi connectivity index (χ4v) is 4.60. The number of carbonyl (C=O) groups excluding carboxylic acids is 1. The highest BCUT2D eigenvalue weighted by atomic mass is 32.1. The van der Waals surface area contributed by atoms with Crippen LogP contribution in [0.2, 0.25) is 0 Å². The van der Waals surface area contributed by atoms with Gasteiger partial charge in [-0.05, 0) is 43.4 Å². The maximum absolute atomic E-state index is 12.3. The van der Waals surface area contributed by atoms with Gasteiger partial charge >= 0.3 is 0 Å². The SMILES string of the molecule is Cc1nc2cc(O)cc(OCC[C@@H]3CC(=O)N(CCc4ccc(O)cc4)C3)c2s1. The Morgan fingerprint density at radius 1 is 1.21 bits per heavy atom. The van der Waals surface area contributed by atoms with Crippen molar-refractivity contribution >= 4 is 27.5 Å². The van der Waals surface area contributed by atoms with Crippen LogP contribution in [0.1, 0.15) is 23.4 Å². The fraction of sp³-hybridized carbons (Fsp3) is 0.364. The molecule has 0 bridgehead atoms. The zero-order valence-corrected chi connectivity index (χ0v) is 17.1. The van der Waals surface area contributed by atoms with Crippen molar-refractivity contribution in [2.24, 2.45) is 5.92 Å². The number of likely N-dealkylation sites (tertiary alicyclic amines) is 1. The quantitative estimate of drug-likeness (QED) is 0.615. The van der Waals surface area contributed by atoms with E-state index < -0.39 is 0 Å². The number of ether oxygens (including phenoxy) is 1. The number of hydrogen-bond donors (Lipinski definition) is 2. The van der Waals surface area contributed by atoms with E-state index in [0.29, 0.717) is 25.3 Å². The van der Waals surface area contributed by atoms with Crippen molar-refractivity contribution in [3.05, 3.63) is 47.0 Å². The highest BCUT2D eigenvalue weighted by Crippen LogP contribution is 2.35. The normalized spacial score (nSPS) is 16.7. The number of fused-ring (bicyclic) bond motifs is 1. The summed E-state index contributed by atoms with van der Waals surface area (Å²) in [6.07, 6.45) is 2.12. The van der Waals surface area contributed by atoms with Crippen LogP contribution >= 0.6 is 11.3 Å². The lowest BCUT2D eigenvalue weighted by atomic mass is 10.1. The molecule has 0 spiro atoms. The summed E-state index contributed by atoms with van der Waals surface area (Å²) < 4.78 is 6.89. The molecule has 4 rings (SSSR count). The molecule has 1 aromatic heterocycles. The van der Waals surface area contributed by atoms with E-state index in [4.69, 9.17) is 4.74 Å². The minimum Gasteiger partial charge on any atom is -0.508 e. The first kappa shape index (κ1) is 19.5. The van der Waals surface area contributed by atoms with E-state index in [1.807, 2.05) is 24.0 Å². The van der Waals surface area contributed by atoms with Crippen molar-refractivity contribution in [2.45, 2.75) is 26.2 Å². The topological polar surface area (TPSA) is 82.9 Å². The highest BCUT2D eigenvalue weighted by molar-refractivity contribution is 7.18. The van der Waals surface area contributed by atoms with Gasteiger partial charge in [0.15, 0.2) is 0 Å². The third-order valence-electron chi connectivity index (χ3n) is 5.23. The number of aromatic nitrogens is 1. The van der Waals surface area contributed by atoms with Gasteiger partial charge in [0.1, 0.15) is 17.2 Å². The van der Waals surface area contributed by atoms with Gasteiger partial charge in [-0.25, -0.2) is 4.98 Å². The van der Waals surface area contributed by atoms with Crippen molar-refractivity contribution in [1.29, 1.82) is 0 Å². The molecule has 1 aliphatic rings. The van der Waals surface area contributed by atoms with E-state index in [2.05, 4.69) is 4.98 Å². The maximum atomic E-state index is 12.3. The van der Waals surface area contributed by atoms with Gasteiger partial charge in [0, 0.05) is 31.6 Å². The van der Waals surface area contributed by atoms with Gasteiger partial charge in [0.05, 0.1) is 21.8 Å². The Hall–Kier alpha value is -2.80. The van der Waals surface area contributed by atoms with Crippen LogP contribution in [0.15, 0.2) is 36.4 Å². The molecule has 152 valence electrons. The lowest BCUT2D eigenvalue weighted by molar-refractivity contribution is -0.127. The highest BCUT2D eigenvalue weighted by Gasteiger charge is 2.29. The number of phenolic OH excluding ortho intramolecular Hbond substituents is 2. The van der Waals surface area contributed by atoms with E-state index in [0.717, 1.165) is 40.2 Å². The summed E-state index contributed by atoms with van der Waals surface area (Å²) in [4.78, 5) is 18.6. The number of thiazole rings is 1. The summed E-state index contributed by atoms with van der Waals surface area (Å²) >= 11 is 1.55. The Morgan fingerprint density at radius 3 is 2.79 bits per heavy atom. The Balaban J connectivity index is 1.29. The number of phenols is 2. The standard InChI is InChI=1S/C22H24N2O4S/c1-14-23-19-11-18(26)12-20(22(19)29-14)28-9-7-16-10-21(27)24(13-16)8-6-15-2-4-17(25)5-3-15/h2-5,11-12,16,25-26H,6-10,13H2,1H3/t16-/m1/s1. The molecule has 29 heavy (non-hydrogen) atoms. The number of carbonyl (C=O) groups is 1. The third kappa shape index (κ3) is 4.62. The van der Waals surface area contributed by atoms with E-state index in [9.17, 15) is 15.0 Å². The van der Waals surface area contributed by atoms with Crippen molar-refractivity contribution in [3.63, 3.8) is 0 Å². The van der Waals surface area contributed by atoms with Crippen LogP contribution in [0.25, 0.3) is 10.2 Å². The Bertz CT molecular complexity index is 1020. The Labute approximate surface area is 173 Å². The summed E-state index contributed by atoms with van der Waals surface area (Å²) in [7, 11) is 0. The molecule has 1 saturated heterocycles. The fourth-order valence-electron chi connectivity index (χ4n) is 3.73. The minimum absolute atomic E-state index is 0.147. The molecule has 2 aromatic carbocycles. The van der Waals surface area contributed by atoms with Crippen LogP contribution in [0, 0.1) is 12.8 Å². The Morgan fingerprint density at radius 2 is 2.00 bits per heavy atom. The summed E-state index contributed by atoms with van der Waals surface area (Å²) in [6.45, 7) is 3.87. The molecule has 0 saturated carbocycles. The zero-order valence-electron chi connectivity index (χ0n) is 16.3. The molecule has 3 aromatic rings. The monoisotopic (exact) mass is 412 g/mol. The molecular weight excluding hydrogens is 388 g/mol. The lowest BCUT2D eigenvalue weighted by Crippen LogP contribution is -2.27. The second kappa shape index (κ2) is 8.29. The first-order valence-corrected chi connectivity index (χ1v) is 10.6. The largest absolute Gasteiger partial charge is 0.508 e. The Kier molecular flexibility index (Phi) is 5.58. The lowest BCUT2D eigenvalue weighted by Gasteiger charge is -2.17. The minimum atomic E-state index is 0.147. The van der Waals surface area contributed by atoms with E-state index in [1.54, 1.807) is 35.6 Å². The summed E-state index contributed by atoms with van der Waals surface area (Å²) in [6, 6.07) is 10.4. The molecular formula is C22H24N2O4S. The second-order valence-corrected chi connectivity index (χ2v) is 8.69. The van der Waals surface area contributed by atoms with Crippen LogP contribution in [0.5, 0.6) is 17.2 Å². The van der Waals surface area contributed by atoms with Crippen LogP contribution in [-0.2, 0) is 11.2 Å². The third-order valence-corrected chi connectivity index (χ3v) is 6.23. The molecule has 1 amide bonds. The molecule has 6 nitrogen and oxygen atoms in total. The number of amides is 1. The average molecular weight is 413 g/mol. The van der Waals surface area contributed by atoms with Gasteiger partial charge in [0.2, 0.25) is 5.91 Å².